The van der Waals surface area contributed by atoms with Gasteiger partial charge in [-0.3, -0.25) is 0 Å². The molecule has 0 atom stereocenters. The molecule has 1 aliphatic heterocycles. The number of thiazole rings is 1. The highest BCUT2D eigenvalue weighted by molar-refractivity contribution is 7.15. The van der Waals surface area contributed by atoms with Crippen molar-refractivity contribution in [3.8, 4) is 0 Å². The molecule has 0 unspecified atom stereocenters. The summed E-state index contributed by atoms with van der Waals surface area (Å²) in [5.74, 6) is 0. The van der Waals surface area contributed by atoms with E-state index in [-0.39, 0.29) is 0 Å². The number of rotatable bonds is 5. The fraction of sp³-hybridized carbons (Fsp3) is 0.800. The minimum absolute atomic E-state index is 0.490. The van der Waals surface area contributed by atoms with Gasteiger partial charge in [0, 0.05) is 37.3 Å². The normalized spacial score (nSPS) is 22.4. The molecule has 5 nitrogen and oxygen atoms in total. The van der Waals surface area contributed by atoms with Crippen LogP contribution in [0.15, 0.2) is 6.20 Å². The van der Waals surface area contributed by atoms with E-state index in [2.05, 4.69) is 15.2 Å². The van der Waals surface area contributed by atoms with Gasteiger partial charge < -0.3 is 20.1 Å². The molecule has 0 aromatic carbocycles. The molecule has 0 amide bonds. The predicted octanol–water partition coefficient (Wildman–Crippen LogP) is 1.76. The van der Waals surface area contributed by atoms with Gasteiger partial charge in [-0.2, -0.15) is 0 Å². The van der Waals surface area contributed by atoms with Crippen molar-refractivity contribution < 1.29 is 9.84 Å². The predicted molar refractivity (Wildman–Crippen MR) is 84.9 cm³/mol. The van der Waals surface area contributed by atoms with E-state index >= 15 is 0 Å². The Morgan fingerprint density at radius 2 is 2.05 bits per heavy atom. The van der Waals surface area contributed by atoms with E-state index in [1.807, 2.05) is 6.20 Å². The monoisotopic (exact) mass is 311 g/mol. The number of nitrogens with zero attached hydrogens (tertiary/aromatic N) is 2. The van der Waals surface area contributed by atoms with E-state index in [0.29, 0.717) is 6.54 Å². The Kier molecular flexibility index (Phi) is 5.11. The zero-order valence-corrected chi connectivity index (χ0v) is 13.3. The van der Waals surface area contributed by atoms with Gasteiger partial charge in [0.1, 0.15) is 0 Å². The third-order valence-corrected chi connectivity index (χ3v) is 5.42. The standard InChI is InChI=1S/C15H25N3O2S/c19-15(4-2-1-3-5-15)12-16-10-13-11-17-14(21-13)18-6-8-20-9-7-18/h11,16,19H,1-10,12H2. The molecule has 1 aromatic rings. The molecule has 2 aliphatic rings. The van der Waals surface area contributed by atoms with Crippen molar-refractivity contribution >= 4 is 16.5 Å². The van der Waals surface area contributed by atoms with Crippen molar-refractivity contribution in [3.05, 3.63) is 11.1 Å². The Labute approximate surface area is 130 Å². The Morgan fingerprint density at radius 3 is 2.81 bits per heavy atom. The van der Waals surface area contributed by atoms with Gasteiger partial charge in [0.15, 0.2) is 5.13 Å². The molecule has 0 radical (unpaired) electrons. The minimum Gasteiger partial charge on any atom is -0.389 e. The van der Waals surface area contributed by atoms with Crippen LogP contribution in [-0.4, -0.2) is 48.5 Å². The van der Waals surface area contributed by atoms with E-state index in [0.717, 1.165) is 63.7 Å². The molecule has 2 heterocycles. The Balaban J connectivity index is 1.46. The molecule has 1 saturated carbocycles. The molecule has 3 rings (SSSR count). The lowest BCUT2D eigenvalue weighted by Gasteiger charge is -2.32. The van der Waals surface area contributed by atoms with E-state index in [1.54, 1.807) is 11.3 Å². The smallest absolute Gasteiger partial charge is 0.185 e. The van der Waals surface area contributed by atoms with Crippen molar-refractivity contribution in [2.75, 3.05) is 37.7 Å². The Bertz CT molecular complexity index is 440. The third kappa shape index (κ3) is 4.16. The molecule has 2 N–H and O–H groups in total. The van der Waals surface area contributed by atoms with Gasteiger partial charge in [-0.25, -0.2) is 4.98 Å². The van der Waals surface area contributed by atoms with Crippen LogP contribution < -0.4 is 10.2 Å². The summed E-state index contributed by atoms with van der Waals surface area (Å²) in [4.78, 5) is 8.03. The number of hydrogen-bond acceptors (Lipinski definition) is 6. The highest BCUT2D eigenvalue weighted by Gasteiger charge is 2.28. The molecule has 118 valence electrons. The summed E-state index contributed by atoms with van der Waals surface area (Å²) >= 11 is 1.74. The van der Waals surface area contributed by atoms with E-state index < -0.39 is 5.60 Å². The molecule has 0 spiro atoms. The van der Waals surface area contributed by atoms with Gasteiger partial charge in [0.2, 0.25) is 0 Å². The first kappa shape index (κ1) is 15.2. The van der Waals surface area contributed by atoms with Crippen molar-refractivity contribution in [3.63, 3.8) is 0 Å². The number of hydrogen-bond donors (Lipinski definition) is 2. The first-order valence-electron chi connectivity index (χ1n) is 7.96. The molecule has 0 bridgehead atoms. The van der Waals surface area contributed by atoms with Crippen LogP contribution in [-0.2, 0) is 11.3 Å². The van der Waals surface area contributed by atoms with E-state index in [1.165, 1.54) is 11.3 Å². The fourth-order valence-electron chi connectivity index (χ4n) is 3.08. The number of nitrogens with one attached hydrogen (secondary N) is 1. The summed E-state index contributed by atoms with van der Waals surface area (Å²) in [5.41, 5.74) is -0.490. The summed E-state index contributed by atoms with van der Waals surface area (Å²) in [5, 5.41) is 15.0. The molecule has 2 fully saturated rings. The summed E-state index contributed by atoms with van der Waals surface area (Å²) in [7, 11) is 0. The molecule has 6 heteroatoms. The second-order valence-corrected chi connectivity index (χ2v) is 7.19. The molecule has 1 aromatic heterocycles. The second-order valence-electron chi connectivity index (χ2n) is 6.10. The summed E-state index contributed by atoms with van der Waals surface area (Å²) in [6.45, 7) is 4.93. The fourth-order valence-corrected chi connectivity index (χ4v) is 4.02. The van der Waals surface area contributed by atoms with Gasteiger partial charge in [0.05, 0.1) is 18.8 Å². The van der Waals surface area contributed by atoms with Crippen molar-refractivity contribution in [1.82, 2.24) is 10.3 Å². The summed E-state index contributed by atoms with van der Waals surface area (Å²) < 4.78 is 5.37. The van der Waals surface area contributed by atoms with Gasteiger partial charge in [-0.05, 0) is 12.8 Å². The van der Waals surface area contributed by atoms with Crippen LogP contribution in [0.5, 0.6) is 0 Å². The first-order chi connectivity index (χ1) is 10.3. The van der Waals surface area contributed by atoms with Gasteiger partial charge in [-0.1, -0.05) is 19.3 Å². The van der Waals surface area contributed by atoms with E-state index in [9.17, 15) is 5.11 Å². The van der Waals surface area contributed by atoms with Crippen LogP contribution in [0.2, 0.25) is 0 Å². The highest BCUT2D eigenvalue weighted by Crippen LogP contribution is 2.28. The average Bonchev–Trinajstić information content (AvgIpc) is 2.98. The zero-order valence-electron chi connectivity index (χ0n) is 12.5. The highest BCUT2D eigenvalue weighted by atomic mass is 32.1. The maximum atomic E-state index is 10.5. The molecular formula is C15H25N3O2S. The lowest BCUT2D eigenvalue weighted by molar-refractivity contribution is 0.00472. The number of aromatic nitrogens is 1. The first-order valence-corrected chi connectivity index (χ1v) is 8.77. The van der Waals surface area contributed by atoms with Crippen LogP contribution in [0.3, 0.4) is 0 Å². The van der Waals surface area contributed by atoms with E-state index in [4.69, 9.17) is 4.74 Å². The number of anilines is 1. The van der Waals surface area contributed by atoms with Gasteiger partial charge >= 0.3 is 0 Å². The third-order valence-electron chi connectivity index (χ3n) is 4.36. The van der Waals surface area contributed by atoms with Gasteiger partial charge in [-0.15, -0.1) is 11.3 Å². The summed E-state index contributed by atoms with van der Waals surface area (Å²) in [6.07, 6.45) is 7.39. The van der Waals surface area contributed by atoms with Crippen LogP contribution in [0.25, 0.3) is 0 Å². The van der Waals surface area contributed by atoms with Crippen LogP contribution in [0, 0.1) is 0 Å². The largest absolute Gasteiger partial charge is 0.389 e. The SMILES string of the molecule is OC1(CNCc2cnc(N3CCOCC3)s2)CCCCC1. The number of morpholine rings is 1. The Morgan fingerprint density at radius 1 is 1.29 bits per heavy atom. The van der Waals surface area contributed by atoms with Crippen molar-refractivity contribution in [2.45, 2.75) is 44.2 Å². The quantitative estimate of drug-likeness (QED) is 0.868. The van der Waals surface area contributed by atoms with Crippen LogP contribution in [0.1, 0.15) is 37.0 Å². The molecule has 1 aliphatic carbocycles. The number of ether oxygens (including phenoxy) is 1. The van der Waals surface area contributed by atoms with Gasteiger partial charge in [0.25, 0.3) is 0 Å². The lowest BCUT2D eigenvalue weighted by atomic mass is 9.85. The topological polar surface area (TPSA) is 57.6 Å². The zero-order chi connectivity index (χ0) is 14.5. The van der Waals surface area contributed by atoms with Crippen LogP contribution in [0.4, 0.5) is 5.13 Å². The summed E-state index contributed by atoms with van der Waals surface area (Å²) in [6, 6.07) is 0. The Hall–Kier alpha value is -0.690. The lowest BCUT2D eigenvalue weighted by Crippen LogP contribution is -2.41. The molecular weight excluding hydrogens is 286 g/mol. The second kappa shape index (κ2) is 7.05. The van der Waals surface area contributed by atoms with Crippen molar-refractivity contribution in [1.29, 1.82) is 0 Å². The molecule has 1 saturated heterocycles. The maximum Gasteiger partial charge on any atom is 0.185 e. The number of aliphatic hydroxyl groups is 1. The van der Waals surface area contributed by atoms with Crippen molar-refractivity contribution in [2.24, 2.45) is 0 Å². The van der Waals surface area contributed by atoms with Crippen LogP contribution >= 0.6 is 11.3 Å². The molecule has 21 heavy (non-hydrogen) atoms. The minimum atomic E-state index is -0.490. The average molecular weight is 311 g/mol. The maximum absolute atomic E-state index is 10.5.